The lowest BCUT2D eigenvalue weighted by atomic mass is 10.1. The van der Waals surface area contributed by atoms with Gasteiger partial charge in [0.1, 0.15) is 0 Å². The zero-order valence-electron chi connectivity index (χ0n) is 18.4. The fourth-order valence-corrected chi connectivity index (χ4v) is 3.31. The quantitative estimate of drug-likeness (QED) is 0.340. The molecular weight excluding hydrogens is 533 g/mol. The highest BCUT2D eigenvalue weighted by Gasteiger charge is 2.37. The number of likely N-dealkylation sites (N-methyl/N-ethyl adjacent to an activating group) is 1. The van der Waals surface area contributed by atoms with Crippen molar-refractivity contribution in [3.05, 3.63) is 58.1 Å². The number of amides is 2. The van der Waals surface area contributed by atoms with Crippen LogP contribution in [-0.2, 0) is 28.1 Å². The predicted molar refractivity (Wildman–Crippen MR) is 112 cm³/mol. The minimum atomic E-state index is -5.11. The number of halogens is 10. The molecule has 36 heavy (non-hydrogen) atoms. The molecule has 0 atom stereocenters. The summed E-state index contributed by atoms with van der Waals surface area (Å²) in [5.41, 5.74) is -5.42. The number of quaternary nitrogens is 1. The molecule has 0 aliphatic carbocycles. The van der Waals surface area contributed by atoms with Crippen LogP contribution in [0.5, 0.6) is 0 Å². The molecule has 2 rings (SSSR count). The lowest BCUT2D eigenvalue weighted by molar-refractivity contribution is -0.874. The molecule has 0 aromatic heterocycles. The summed E-state index contributed by atoms with van der Waals surface area (Å²) in [5.74, 6) is -1.83. The standard InChI is InChI=1S/C21H17ClF9N3O2/c1-34(2,9-17(35)32-13-3-4-16(22)15(8-13)21(29,30)31)10-18(36)33-14-6-11(19(23,24)25)5-12(7-14)20(26,27)28/h3-8H,9-10H2,1-2H3,(H-,32,33,35,36)/p+1. The third-order valence-corrected chi connectivity index (χ3v) is 4.90. The van der Waals surface area contributed by atoms with E-state index in [9.17, 15) is 49.1 Å². The summed E-state index contributed by atoms with van der Waals surface area (Å²) in [7, 11) is 2.69. The highest BCUT2D eigenvalue weighted by Crippen LogP contribution is 2.38. The van der Waals surface area contributed by atoms with Gasteiger partial charge in [-0.3, -0.25) is 9.59 Å². The molecule has 0 aliphatic rings. The number of carbonyl (C=O) groups excluding carboxylic acids is 2. The van der Waals surface area contributed by atoms with Gasteiger partial charge in [-0.25, -0.2) is 0 Å². The molecule has 2 aromatic rings. The first kappa shape index (κ1) is 29.2. The summed E-state index contributed by atoms with van der Waals surface area (Å²) in [6.45, 7) is -1.05. The second-order valence-electron chi connectivity index (χ2n) is 8.34. The third kappa shape index (κ3) is 8.29. The van der Waals surface area contributed by atoms with Crippen LogP contribution >= 0.6 is 11.6 Å². The minimum absolute atomic E-state index is 0.0963. The number of rotatable bonds is 6. The van der Waals surface area contributed by atoms with E-state index >= 15 is 0 Å². The van der Waals surface area contributed by atoms with Gasteiger partial charge in [0, 0.05) is 11.4 Å². The monoisotopic (exact) mass is 550 g/mol. The Bertz CT molecular complexity index is 1110. The number of hydrogen-bond acceptors (Lipinski definition) is 2. The van der Waals surface area contributed by atoms with Crippen LogP contribution in [-0.4, -0.2) is 43.5 Å². The number of hydrogen-bond donors (Lipinski definition) is 2. The Hall–Kier alpha value is -3.00. The summed E-state index contributed by atoms with van der Waals surface area (Å²) in [4.78, 5) is 24.6. The largest absolute Gasteiger partial charge is 0.417 e. The van der Waals surface area contributed by atoms with Gasteiger partial charge in [0.25, 0.3) is 11.8 Å². The van der Waals surface area contributed by atoms with E-state index in [0.717, 1.165) is 12.1 Å². The predicted octanol–water partition coefficient (Wildman–Crippen LogP) is 6.05. The first-order chi connectivity index (χ1) is 16.2. The van der Waals surface area contributed by atoms with Crippen molar-refractivity contribution in [3.8, 4) is 0 Å². The van der Waals surface area contributed by atoms with Gasteiger partial charge in [-0.1, -0.05) is 11.6 Å². The lowest BCUT2D eigenvalue weighted by Gasteiger charge is -2.28. The smallest absolute Gasteiger partial charge is 0.321 e. The summed E-state index contributed by atoms with van der Waals surface area (Å²) >= 11 is 5.51. The molecular formula is C21H18ClF9N3O2+. The first-order valence-electron chi connectivity index (χ1n) is 9.75. The maximum atomic E-state index is 13.0. The van der Waals surface area contributed by atoms with E-state index in [-0.39, 0.29) is 11.8 Å². The van der Waals surface area contributed by atoms with Crippen LogP contribution in [0.25, 0.3) is 0 Å². The Morgan fingerprint density at radius 1 is 0.722 bits per heavy atom. The molecule has 0 radical (unpaired) electrons. The van der Waals surface area contributed by atoms with Crippen molar-refractivity contribution in [2.45, 2.75) is 18.5 Å². The van der Waals surface area contributed by atoms with E-state index in [4.69, 9.17) is 11.6 Å². The number of benzene rings is 2. The van der Waals surface area contributed by atoms with Gasteiger partial charge in [0.05, 0.1) is 35.8 Å². The summed E-state index contributed by atoms with van der Waals surface area (Å²) in [5, 5.41) is 3.58. The van der Waals surface area contributed by atoms with Crippen LogP contribution in [0.1, 0.15) is 16.7 Å². The molecule has 0 saturated carbocycles. The van der Waals surface area contributed by atoms with Crippen molar-refractivity contribution in [3.63, 3.8) is 0 Å². The van der Waals surface area contributed by atoms with Gasteiger partial charge in [0.15, 0.2) is 13.1 Å². The van der Waals surface area contributed by atoms with Crippen molar-refractivity contribution in [2.75, 3.05) is 37.8 Å². The van der Waals surface area contributed by atoms with E-state index < -0.39 is 75.3 Å². The minimum Gasteiger partial charge on any atom is -0.321 e. The molecule has 0 fully saturated rings. The molecule has 2 amide bonds. The molecule has 0 aliphatic heterocycles. The van der Waals surface area contributed by atoms with Crippen LogP contribution in [0, 0.1) is 0 Å². The van der Waals surface area contributed by atoms with E-state index in [1.807, 2.05) is 5.32 Å². The van der Waals surface area contributed by atoms with Gasteiger partial charge >= 0.3 is 18.5 Å². The number of alkyl halides is 9. The van der Waals surface area contributed by atoms with Gasteiger partial charge in [-0.2, -0.15) is 39.5 Å². The first-order valence-corrected chi connectivity index (χ1v) is 10.1. The molecule has 0 bridgehead atoms. The third-order valence-electron chi connectivity index (χ3n) is 4.57. The molecule has 0 saturated heterocycles. The van der Waals surface area contributed by atoms with Crippen molar-refractivity contribution in [2.24, 2.45) is 0 Å². The highest BCUT2D eigenvalue weighted by molar-refractivity contribution is 6.31. The molecule has 198 valence electrons. The topological polar surface area (TPSA) is 58.2 Å². The molecule has 2 aromatic carbocycles. The van der Waals surface area contributed by atoms with Crippen molar-refractivity contribution in [1.82, 2.24) is 0 Å². The van der Waals surface area contributed by atoms with Gasteiger partial charge in [-0.15, -0.1) is 0 Å². The van der Waals surface area contributed by atoms with Crippen molar-refractivity contribution >= 4 is 34.8 Å². The number of nitrogens with one attached hydrogen (secondary N) is 2. The van der Waals surface area contributed by atoms with E-state index in [0.29, 0.717) is 18.2 Å². The Morgan fingerprint density at radius 3 is 1.58 bits per heavy atom. The maximum Gasteiger partial charge on any atom is 0.417 e. The molecule has 2 N–H and O–H groups in total. The highest BCUT2D eigenvalue weighted by atomic mass is 35.5. The fourth-order valence-electron chi connectivity index (χ4n) is 3.08. The maximum absolute atomic E-state index is 13.0. The zero-order chi connectivity index (χ0) is 27.7. The van der Waals surface area contributed by atoms with Crippen LogP contribution in [0.3, 0.4) is 0 Å². The van der Waals surface area contributed by atoms with Crippen LogP contribution in [0.15, 0.2) is 36.4 Å². The lowest BCUT2D eigenvalue weighted by Crippen LogP contribution is -2.49. The fraction of sp³-hybridized carbons (Fsp3) is 0.333. The van der Waals surface area contributed by atoms with Crippen molar-refractivity contribution in [1.29, 1.82) is 0 Å². The van der Waals surface area contributed by atoms with Crippen LogP contribution in [0.2, 0.25) is 5.02 Å². The van der Waals surface area contributed by atoms with Gasteiger partial charge < -0.3 is 15.1 Å². The number of carbonyl (C=O) groups is 2. The van der Waals surface area contributed by atoms with Gasteiger partial charge in [0.2, 0.25) is 0 Å². The molecule has 0 spiro atoms. The van der Waals surface area contributed by atoms with Gasteiger partial charge in [-0.05, 0) is 36.4 Å². The second kappa shape index (κ2) is 10.2. The summed E-state index contributed by atoms with van der Waals surface area (Å²) < 4.78 is 116. The molecule has 5 nitrogen and oxygen atoms in total. The number of nitrogens with zero attached hydrogens (tertiary/aromatic N) is 1. The van der Waals surface area contributed by atoms with E-state index in [1.165, 1.54) is 14.1 Å². The normalized spacial score (nSPS) is 12.9. The number of anilines is 2. The Balaban J connectivity index is 2.11. The molecule has 0 unspecified atom stereocenters. The average Bonchev–Trinajstić information content (AvgIpc) is 2.65. The zero-order valence-corrected chi connectivity index (χ0v) is 19.2. The van der Waals surface area contributed by atoms with Crippen LogP contribution < -0.4 is 10.6 Å². The van der Waals surface area contributed by atoms with E-state index in [2.05, 4.69) is 5.32 Å². The Morgan fingerprint density at radius 2 is 1.17 bits per heavy atom. The van der Waals surface area contributed by atoms with Crippen molar-refractivity contribution < 1.29 is 53.6 Å². The second-order valence-corrected chi connectivity index (χ2v) is 8.74. The SMILES string of the molecule is C[N+](C)(CC(=O)Nc1cc(C(F)(F)F)cc(C(F)(F)F)c1)CC(=O)Nc1ccc(Cl)c(C(F)(F)F)c1. The van der Waals surface area contributed by atoms with E-state index in [1.54, 1.807) is 0 Å². The summed E-state index contributed by atoms with van der Waals surface area (Å²) in [6.07, 6.45) is -15.0. The Labute approximate surface area is 203 Å². The Kier molecular flexibility index (Phi) is 8.25. The molecule has 0 heterocycles. The average molecular weight is 551 g/mol. The summed E-state index contributed by atoms with van der Waals surface area (Å²) in [6, 6.07) is 3.22. The van der Waals surface area contributed by atoms with Crippen LogP contribution in [0.4, 0.5) is 50.9 Å². The molecule has 15 heteroatoms.